The van der Waals surface area contributed by atoms with Crippen LogP contribution in [0.4, 0.5) is 5.69 Å². The molecule has 2 N–H and O–H groups in total. The molecule has 21 heavy (non-hydrogen) atoms. The van der Waals surface area contributed by atoms with Crippen LogP contribution in [0, 0.1) is 6.92 Å². The van der Waals surface area contributed by atoms with Crippen molar-refractivity contribution in [2.24, 2.45) is 0 Å². The minimum atomic E-state index is -0.0859. The Morgan fingerprint density at radius 3 is 2.52 bits per heavy atom. The molecule has 3 nitrogen and oxygen atoms in total. The number of aliphatic hydroxyl groups is 1. The second-order valence-electron chi connectivity index (χ2n) is 7.20. The maximum Gasteiger partial charge on any atom is 0.0579 e. The maximum atomic E-state index is 10.0. The van der Waals surface area contributed by atoms with Gasteiger partial charge in [0.05, 0.1) is 6.10 Å². The molecule has 4 rings (SSSR count). The van der Waals surface area contributed by atoms with Crippen molar-refractivity contribution in [1.82, 2.24) is 5.32 Å². The summed E-state index contributed by atoms with van der Waals surface area (Å²) in [5.41, 5.74) is 4.19. The third-order valence-corrected chi connectivity index (χ3v) is 5.38. The number of nitrogens with one attached hydrogen (secondary N) is 1. The zero-order chi connectivity index (χ0) is 14.4. The van der Waals surface area contributed by atoms with Gasteiger partial charge in [-0.05, 0) is 57.1 Å². The van der Waals surface area contributed by atoms with Crippen molar-refractivity contribution in [1.29, 1.82) is 0 Å². The molecule has 1 aliphatic carbocycles. The molecule has 2 atom stereocenters. The monoisotopic (exact) mass is 286 g/mol. The van der Waals surface area contributed by atoms with Gasteiger partial charge in [0.2, 0.25) is 0 Å². The lowest BCUT2D eigenvalue weighted by molar-refractivity contribution is 0.126. The number of hydrogen-bond acceptors (Lipinski definition) is 3. The third kappa shape index (κ3) is 2.69. The van der Waals surface area contributed by atoms with E-state index in [1.807, 2.05) is 0 Å². The van der Waals surface area contributed by atoms with E-state index in [1.165, 1.54) is 42.5 Å². The van der Waals surface area contributed by atoms with E-state index in [2.05, 4.69) is 35.3 Å². The number of piperidine rings is 1. The van der Waals surface area contributed by atoms with Crippen LogP contribution in [0.3, 0.4) is 0 Å². The van der Waals surface area contributed by atoms with Gasteiger partial charge in [0.1, 0.15) is 0 Å². The molecule has 2 aliphatic heterocycles. The maximum absolute atomic E-state index is 10.0. The number of fused-ring (bicyclic) bond motifs is 2. The topological polar surface area (TPSA) is 35.5 Å². The molecule has 2 heterocycles. The number of hydrogen-bond donors (Lipinski definition) is 2. The van der Waals surface area contributed by atoms with Crippen molar-refractivity contribution < 1.29 is 5.11 Å². The highest BCUT2D eigenvalue weighted by molar-refractivity contribution is 5.58. The van der Waals surface area contributed by atoms with Crippen LogP contribution in [0.2, 0.25) is 0 Å². The average molecular weight is 286 g/mol. The molecule has 0 aromatic heterocycles. The van der Waals surface area contributed by atoms with Crippen LogP contribution in [-0.2, 0) is 6.54 Å². The highest BCUT2D eigenvalue weighted by Gasteiger charge is 2.40. The third-order valence-electron chi connectivity index (χ3n) is 5.38. The molecule has 2 unspecified atom stereocenters. The van der Waals surface area contributed by atoms with Crippen molar-refractivity contribution >= 4 is 5.69 Å². The summed E-state index contributed by atoms with van der Waals surface area (Å²) in [5.74, 6) is 0. The summed E-state index contributed by atoms with van der Waals surface area (Å²) in [4.78, 5) is 2.62. The van der Waals surface area contributed by atoms with Crippen molar-refractivity contribution in [3.63, 3.8) is 0 Å². The van der Waals surface area contributed by atoms with Crippen molar-refractivity contribution in [2.75, 3.05) is 4.90 Å². The van der Waals surface area contributed by atoms with Crippen molar-refractivity contribution in [2.45, 2.75) is 76.2 Å². The van der Waals surface area contributed by atoms with Gasteiger partial charge in [0, 0.05) is 30.4 Å². The SMILES string of the molecule is Cc1ccc(N2C3CCC2CC(O)C3)c(CNC2CC2)c1. The number of benzene rings is 1. The first-order valence-corrected chi connectivity index (χ1v) is 8.50. The van der Waals surface area contributed by atoms with Crippen LogP contribution in [0.25, 0.3) is 0 Å². The molecule has 3 aliphatic rings. The zero-order valence-corrected chi connectivity index (χ0v) is 12.9. The standard InChI is InChI=1S/C18H26N2O/c1-12-2-7-18(13(8-12)11-19-14-3-4-14)20-15-5-6-16(20)10-17(21)9-15/h2,7-8,14-17,19,21H,3-6,9-11H2,1H3. The summed E-state index contributed by atoms with van der Waals surface area (Å²) < 4.78 is 0. The molecule has 1 aromatic carbocycles. The van der Waals surface area contributed by atoms with Gasteiger partial charge < -0.3 is 15.3 Å². The smallest absolute Gasteiger partial charge is 0.0579 e. The Labute approximate surface area is 127 Å². The molecule has 3 heteroatoms. The number of nitrogens with zero attached hydrogens (tertiary/aromatic N) is 1. The molecular weight excluding hydrogens is 260 g/mol. The van der Waals surface area contributed by atoms with Crippen molar-refractivity contribution in [3.05, 3.63) is 29.3 Å². The van der Waals surface area contributed by atoms with Crippen LogP contribution in [0.15, 0.2) is 18.2 Å². The fraction of sp³-hybridized carbons (Fsp3) is 0.667. The Balaban J connectivity index is 1.61. The van der Waals surface area contributed by atoms with Crippen LogP contribution in [0.5, 0.6) is 0 Å². The predicted molar refractivity (Wildman–Crippen MR) is 85.6 cm³/mol. The molecule has 114 valence electrons. The lowest BCUT2D eigenvalue weighted by Crippen LogP contribution is -2.45. The molecule has 2 saturated heterocycles. The second-order valence-corrected chi connectivity index (χ2v) is 7.20. The predicted octanol–water partition coefficient (Wildman–Crippen LogP) is 2.74. The molecule has 0 spiro atoms. The lowest BCUT2D eigenvalue weighted by atomic mass is 9.97. The normalized spacial score (nSPS) is 31.7. The van der Waals surface area contributed by atoms with Crippen molar-refractivity contribution in [3.8, 4) is 0 Å². The van der Waals surface area contributed by atoms with Gasteiger partial charge in [0.15, 0.2) is 0 Å². The van der Waals surface area contributed by atoms with Gasteiger partial charge in [-0.25, -0.2) is 0 Å². The first kappa shape index (κ1) is 13.6. The molecule has 2 bridgehead atoms. The van der Waals surface area contributed by atoms with E-state index in [0.717, 1.165) is 25.4 Å². The first-order chi connectivity index (χ1) is 10.2. The van der Waals surface area contributed by atoms with E-state index < -0.39 is 0 Å². The summed E-state index contributed by atoms with van der Waals surface area (Å²) >= 11 is 0. The van der Waals surface area contributed by atoms with Crippen LogP contribution in [-0.4, -0.2) is 29.3 Å². The number of anilines is 1. The lowest BCUT2D eigenvalue weighted by Gasteiger charge is -2.40. The van der Waals surface area contributed by atoms with E-state index in [9.17, 15) is 5.11 Å². The summed E-state index contributed by atoms with van der Waals surface area (Å²) in [6.07, 6.45) is 6.96. The van der Waals surface area contributed by atoms with Gasteiger partial charge in [0.25, 0.3) is 0 Å². The number of aliphatic hydroxyl groups excluding tert-OH is 1. The van der Waals surface area contributed by atoms with Gasteiger partial charge in [-0.1, -0.05) is 17.7 Å². The number of rotatable bonds is 4. The summed E-state index contributed by atoms with van der Waals surface area (Å²) in [7, 11) is 0. The fourth-order valence-electron chi connectivity index (χ4n) is 4.19. The number of aryl methyl sites for hydroxylation is 1. The Hall–Kier alpha value is -1.06. The first-order valence-electron chi connectivity index (χ1n) is 8.50. The van der Waals surface area contributed by atoms with Gasteiger partial charge in [-0.15, -0.1) is 0 Å². The van der Waals surface area contributed by atoms with Gasteiger partial charge in [-0.2, -0.15) is 0 Å². The summed E-state index contributed by atoms with van der Waals surface area (Å²) in [6.45, 7) is 3.17. The van der Waals surface area contributed by atoms with Crippen LogP contribution >= 0.6 is 0 Å². The Bertz CT molecular complexity index is 512. The average Bonchev–Trinajstić information content (AvgIpc) is 3.23. The molecule has 3 fully saturated rings. The Kier molecular flexibility index (Phi) is 3.43. The summed E-state index contributed by atoms with van der Waals surface area (Å²) in [5, 5.41) is 13.7. The largest absolute Gasteiger partial charge is 0.393 e. The van der Waals surface area contributed by atoms with Gasteiger partial charge >= 0.3 is 0 Å². The van der Waals surface area contributed by atoms with E-state index in [4.69, 9.17) is 0 Å². The molecule has 1 aromatic rings. The van der Waals surface area contributed by atoms with E-state index in [-0.39, 0.29) is 6.10 Å². The fourth-order valence-corrected chi connectivity index (χ4v) is 4.19. The molecular formula is C18H26N2O. The molecule has 0 radical (unpaired) electrons. The van der Waals surface area contributed by atoms with E-state index in [1.54, 1.807) is 0 Å². The van der Waals surface area contributed by atoms with Crippen LogP contribution in [0.1, 0.15) is 49.7 Å². The van der Waals surface area contributed by atoms with E-state index in [0.29, 0.717) is 12.1 Å². The quantitative estimate of drug-likeness (QED) is 0.893. The highest BCUT2D eigenvalue weighted by atomic mass is 16.3. The molecule has 0 amide bonds. The highest BCUT2D eigenvalue weighted by Crippen LogP contribution is 2.41. The van der Waals surface area contributed by atoms with E-state index >= 15 is 0 Å². The Morgan fingerprint density at radius 2 is 1.86 bits per heavy atom. The minimum Gasteiger partial charge on any atom is -0.393 e. The molecule has 1 saturated carbocycles. The second kappa shape index (κ2) is 5.29. The minimum absolute atomic E-state index is 0.0859. The Morgan fingerprint density at radius 1 is 1.14 bits per heavy atom. The zero-order valence-electron chi connectivity index (χ0n) is 12.9. The van der Waals surface area contributed by atoms with Crippen LogP contribution < -0.4 is 10.2 Å². The van der Waals surface area contributed by atoms with Gasteiger partial charge in [-0.3, -0.25) is 0 Å². The summed E-state index contributed by atoms with van der Waals surface area (Å²) in [6, 6.07) is 8.72.